The van der Waals surface area contributed by atoms with Crippen LogP contribution in [0.4, 0.5) is 5.69 Å². The lowest BCUT2D eigenvalue weighted by Gasteiger charge is -2.17. The summed E-state index contributed by atoms with van der Waals surface area (Å²) < 4.78 is 0. The average molecular weight is 292 g/mol. The van der Waals surface area contributed by atoms with Crippen LogP contribution in [0.2, 0.25) is 0 Å². The number of nitrogens with zero attached hydrogens (tertiary/aromatic N) is 1. The SMILES string of the molecule is CCSc1ccccc1NC(C)c1nc(C)sc1C. The summed E-state index contributed by atoms with van der Waals surface area (Å²) in [4.78, 5) is 7.24. The second kappa shape index (κ2) is 6.44. The summed E-state index contributed by atoms with van der Waals surface area (Å²) in [5, 5.41) is 4.73. The van der Waals surface area contributed by atoms with E-state index in [2.05, 4.69) is 62.3 Å². The van der Waals surface area contributed by atoms with Crippen LogP contribution in [0.1, 0.15) is 35.5 Å². The van der Waals surface area contributed by atoms with Crippen molar-refractivity contribution in [3.05, 3.63) is 39.8 Å². The maximum atomic E-state index is 4.63. The molecule has 1 atom stereocenters. The quantitative estimate of drug-likeness (QED) is 0.781. The molecule has 19 heavy (non-hydrogen) atoms. The van der Waals surface area contributed by atoms with Crippen molar-refractivity contribution in [2.75, 3.05) is 11.1 Å². The molecule has 1 heterocycles. The largest absolute Gasteiger partial charge is 0.376 e. The fourth-order valence-electron chi connectivity index (χ4n) is 2.12. The highest BCUT2D eigenvalue weighted by atomic mass is 32.2. The second-order valence-corrected chi connectivity index (χ2v) is 7.18. The van der Waals surface area contributed by atoms with E-state index >= 15 is 0 Å². The smallest absolute Gasteiger partial charge is 0.0901 e. The van der Waals surface area contributed by atoms with Crippen molar-refractivity contribution in [1.82, 2.24) is 4.98 Å². The Hall–Kier alpha value is -1.00. The summed E-state index contributed by atoms with van der Waals surface area (Å²) in [7, 11) is 0. The molecule has 0 bridgehead atoms. The number of para-hydroxylation sites is 1. The highest BCUT2D eigenvalue weighted by Crippen LogP contribution is 2.31. The predicted octanol–water partition coefficient (Wildman–Crippen LogP) is 5.05. The van der Waals surface area contributed by atoms with Gasteiger partial charge in [0.25, 0.3) is 0 Å². The Bertz CT molecular complexity index is 549. The van der Waals surface area contributed by atoms with Gasteiger partial charge >= 0.3 is 0 Å². The van der Waals surface area contributed by atoms with Crippen LogP contribution in [0, 0.1) is 13.8 Å². The molecule has 2 rings (SSSR count). The van der Waals surface area contributed by atoms with E-state index in [1.807, 2.05) is 11.8 Å². The number of aromatic nitrogens is 1. The molecule has 0 saturated heterocycles. The van der Waals surface area contributed by atoms with E-state index in [1.54, 1.807) is 11.3 Å². The van der Waals surface area contributed by atoms with Gasteiger partial charge in [0.2, 0.25) is 0 Å². The lowest BCUT2D eigenvalue weighted by Crippen LogP contribution is -2.09. The van der Waals surface area contributed by atoms with Crippen LogP contribution in [-0.4, -0.2) is 10.7 Å². The minimum Gasteiger partial charge on any atom is -0.376 e. The number of thioether (sulfide) groups is 1. The third kappa shape index (κ3) is 3.51. The first kappa shape index (κ1) is 14.4. The lowest BCUT2D eigenvalue weighted by molar-refractivity contribution is 0.833. The number of hydrogen-bond donors (Lipinski definition) is 1. The van der Waals surface area contributed by atoms with Gasteiger partial charge in [-0.2, -0.15) is 0 Å². The van der Waals surface area contributed by atoms with Crippen LogP contribution in [0.25, 0.3) is 0 Å². The number of anilines is 1. The lowest BCUT2D eigenvalue weighted by atomic mass is 10.2. The van der Waals surface area contributed by atoms with Gasteiger partial charge in [-0.25, -0.2) is 4.98 Å². The van der Waals surface area contributed by atoms with Gasteiger partial charge in [-0.05, 0) is 38.7 Å². The van der Waals surface area contributed by atoms with Crippen molar-refractivity contribution in [3.63, 3.8) is 0 Å². The fourth-order valence-corrected chi connectivity index (χ4v) is 3.80. The predicted molar refractivity (Wildman–Crippen MR) is 86.5 cm³/mol. The molecule has 0 spiro atoms. The molecule has 0 aliphatic heterocycles. The summed E-state index contributed by atoms with van der Waals surface area (Å²) >= 11 is 3.63. The fraction of sp³-hybridized carbons (Fsp3) is 0.400. The molecule has 0 aliphatic rings. The third-order valence-electron chi connectivity index (χ3n) is 2.91. The normalized spacial score (nSPS) is 12.4. The van der Waals surface area contributed by atoms with E-state index in [0.29, 0.717) is 0 Å². The number of nitrogens with one attached hydrogen (secondary N) is 1. The van der Waals surface area contributed by atoms with E-state index in [1.165, 1.54) is 21.2 Å². The summed E-state index contributed by atoms with van der Waals surface area (Å²) in [6.07, 6.45) is 0. The molecule has 0 radical (unpaired) electrons. The highest BCUT2D eigenvalue weighted by Gasteiger charge is 2.14. The van der Waals surface area contributed by atoms with Crippen molar-refractivity contribution in [2.45, 2.75) is 38.6 Å². The Kier molecular flexibility index (Phi) is 4.88. The maximum absolute atomic E-state index is 4.63. The van der Waals surface area contributed by atoms with Crippen molar-refractivity contribution in [2.24, 2.45) is 0 Å². The van der Waals surface area contributed by atoms with E-state index in [9.17, 15) is 0 Å². The Morgan fingerprint density at radius 3 is 2.68 bits per heavy atom. The molecular formula is C15H20N2S2. The monoisotopic (exact) mass is 292 g/mol. The molecule has 2 nitrogen and oxygen atoms in total. The number of benzene rings is 1. The zero-order valence-electron chi connectivity index (χ0n) is 11.9. The van der Waals surface area contributed by atoms with E-state index in [-0.39, 0.29) is 6.04 Å². The number of thiazole rings is 1. The highest BCUT2D eigenvalue weighted by molar-refractivity contribution is 7.99. The van der Waals surface area contributed by atoms with Crippen molar-refractivity contribution in [3.8, 4) is 0 Å². The second-order valence-electron chi connectivity index (χ2n) is 4.47. The minimum absolute atomic E-state index is 0.239. The van der Waals surface area contributed by atoms with Gasteiger partial charge in [0.1, 0.15) is 0 Å². The number of rotatable bonds is 5. The van der Waals surface area contributed by atoms with Crippen molar-refractivity contribution in [1.29, 1.82) is 0 Å². The first-order valence-electron chi connectivity index (χ1n) is 6.54. The van der Waals surface area contributed by atoms with Crippen LogP contribution in [0.3, 0.4) is 0 Å². The summed E-state index contributed by atoms with van der Waals surface area (Å²) in [5.41, 5.74) is 2.37. The van der Waals surface area contributed by atoms with Gasteiger partial charge in [-0.3, -0.25) is 0 Å². The van der Waals surface area contributed by atoms with Crippen LogP contribution in [0.5, 0.6) is 0 Å². The molecule has 0 aliphatic carbocycles. The summed E-state index contributed by atoms with van der Waals surface area (Å²) in [5.74, 6) is 1.09. The number of hydrogen-bond acceptors (Lipinski definition) is 4. The van der Waals surface area contributed by atoms with Crippen LogP contribution < -0.4 is 5.32 Å². The molecular weight excluding hydrogens is 272 g/mol. The molecule has 1 aromatic heterocycles. The van der Waals surface area contributed by atoms with E-state index in [4.69, 9.17) is 0 Å². The molecule has 1 N–H and O–H groups in total. The first-order valence-corrected chi connectivity index (χ1v) is 8.34. The molecule has 0 saturated carbocycles. The molecule has 2 aromatic rings. The van der Waals surface area contributed by atoms with Gasteiger partial charge in [-0.1, -0.05) is 19.1 Å². The Balaban J connectivity index is 2.19. The van der Waals surface area contributed by atoms with E-state index in [0.717, 1.165) is 10.8 Å². The van der Waals surface area contributed by atoms with Crippen LogP contribution in [0.15, 0.2) is 29.2 Å². The zero-order valence-corrected chi connectivity index (χ0v) is 13.5. The Morgan fingerprint density at radius 2 is 2.05 bits per heavy atom. The molecule has 102 valence electrons. The molecule has 4 heteroatoms. The van der Waals surface area contributed by atoms with Gasteiger partial charge in [0.15, 0.2) is 0 Å². The minimum atomic E-state index is 0.239. The van der Waals surface area contributed by atoms with Gasteiger partial charge in [-0.15, -0.1) is 23.1 Å². The third-order valence-corrected chi connectivity index (χ3v) is 4.77. The van der Waals surface area contributed by atoms with Gasteiger partial charge < -0.3 is 5.32 Å². The van der Waals surface area contributed by atoms with E-state index < -0.39 is 0 Å². The molecule has 0 amide bonds. The first-order chi connectivity index (χ1) is 9.11. The van der Waals surface area contributed by atoms with Crippen molar-refractivity contribution >= 4 is 28.8 Å². The molecule has 1 unspecified atom stereocenters. The Morgan fingerprint density at radius 1 is 1.32 bits per heavy atom. The standard InChI is InChI=1S/C15H20N2S2/c1-5-18-14-9-7-6-8-13(14)16-10(2)15-11(3)19-12(4)17-15/h6-10,16H,5H2,1-4H3. The molecule has 1 aromatic carbocycles. The van der Waals surface area contributed by atoms with Crippen molar-refractivity contribution < 1.29 is 0 Å². The topological polar surface area (TPSA) is 24.9 Å². The summed E-state index contributed by atoms with van der Waals surface area (Å²) in [6.45, 7) is 8.56. The number of aryl methyl sites for hydroxylation is 2. The van der Waals surface area contributed by atoms with Crippen LogP contribution >= 0.6 is 23.1 Å². The average Bonchev–Trinajstić information content (AvgIpc) is 2.71. The van der Waals surface area contributed by atoms with Gasteiger partial charge in [0, 0.05) is 15.5 Å². The van der Waals surface area contributed by atoms with Gasteiger partial charge in [0.05, 0.1) is 16.7 Å². The zero-order chi connectivity index (χ0) is 13.8. The maximum Gasteiger partial charge on any atom is 0.0901 e. The molecule has 0 fully saturated rings. The van der Waals surface area contributed by atoms with Crippen LogP contribution in [-0.2, 0) is 0 Å². The summed E-state index contributed by atoms with van der Waals surface area (Å²) in [6, 6.07) is 8.72. The Labute approximate surface area is 123 Å².